The highest BCUT2D eigenvalue weighted by Gasteiger charge is 2.17. The number of carbonyl (C=O) groups is 2. The van der Waals surface area contributed by atoms with Crippen LogP contribution >= 0.6 is 0 Å². The molecule has 6 nitrogen and oxygen atoms in total. The van der Waals surface area contributed by atoms with E-state index in [1.165, 1.54) is 18.2 Å². The van der Waals surface area contributed by atoms with E-state index in [1.54, 1.807) is 13.8 Å². The number of benzene rings is 2. The lowest BCUT2D eigenvalue weighted by atomic mass is 10.1. The second kappa shape index (κ2) is 8.84. The number of hydrogen-bond acceptors (Lipinski definition) is 4. The van der Waals surface area contributed by atoms with Crippen molar-refractivity contribution >= 4 is 17.6 Å². The van der Waals surface area contributed by atoms with E-state index in [-0.39, 0.29) is 11.5 Å². The molecule has 0 saturated carbocycles. The van der Waals surface area contributed by atoms with Crippen LogP contribution in [0.25, 0.3) is 0 Å². The van der Waals surface area contributed by atoms with Crippen LogP contribution in [0.5, 0.6) is 5.75 Å². The number of aromatic carboxylic acids is 1. The van der Waals surface area contributed by atoms with Crippen LogP contribution in [0.3, 0.4) is 0 Å². The Balaban J connectivity index is 2.19. The Hall–Kier alpha value is -2.86. The predicted molar refractivity (Wildman–Crippen MR) is 93.9 cm³/mol. The molecule has 0 heterocycles. The van der Waals surface area contributed by atoms with Gasteiger partial charge in [-0.1, -0.05) is 30.3 Å². The molecule has 1 atom stereocenters. The van der Waals surface area contributed by atoms with Gasteiger partial charge in [0.05, 0.1) is 11.3 Å². The second-order valence-corrected chi connectivity index (χ2v) is 5.38. The SMILES string of the molecule is CCO[C@H](C)C(=O)Nc1cc(C(=O)O)ccc1OCc1ccccc1. The van der Waals surface area contributed by atoms with Gasteiger partial charge in [-0.25, -0.2) is 4.79 Å². The monoisotopic (exact) mass is 343 g/mol. The fourth-order valence-electron chi connectivity index (χ4n) is 2.18. The molecule has 0 radical (unpaired) electrons. The number of ether oxygens (including phenoxy) is 2. The molecular formula is C19H21NO5. The van der Waals surface area contributed by atoms with E-state index in [9.17, 15) is 9.59 Å². The molecule has 132 valence electrons. The van der Waals surface area contributed by atoms with Crippen molar-refractivity contribution in [1.82, 2.24) is 0 Å². The maximum absolute atomic E-state index is 12.2. The van der Waals surface area contributed by atoms with Gasteiger partial charge in [-0.15, -0.1) is 0 Å². The Bertz CT molecular complexity index is 730. The molecule has 0 saturated heterocycles. The van der Waals surface area contributed by atoms with Crippen LogP contribution in [0.2, 0.25) is 0 Å². The van der Waals surface area contributed by atoms with E-state index < -0.39 is 12.1 Å². The lowest BCUT2D eigenvalue weighted by Gasteiger charge is -2.16. The number of carboxylic acids is 1. The van der Waals surface area contributed by atoms with Crippen molar-refractivity contribution in [2.45, 2.75) is 26.6 Å². The van der Waals surface area contributed by atoms with Crippen LogP contribution in [0, 0.1) is 0 Å². The first-order chi connectivity index (χ1) is 12.0. The summed E-state index contributed by atoms with van der Waals surface area (Å²) >= 11 is 0. The predicted octanol–water partition coefficient (Wildman–Crippen LogP) is 3.33. The molecule has 2 rings (SSSR count). The van der Waals surface area contributed by atoms with Gasteiger partial charge in [0.15, 0.2) is 0 Å². The first kappa shape index (κ1) is 18.5. The number of carbonyl (C=O) groups excluding carboxylic acids is 1. The summed E-state index contributed by atoms with van der Waals surface area (Å²) in [6.45, 7) is 4.13. The number of amides is 1. The first-order valence-electron chi connectivity index (χ1n) is 7.97. The minimum absolute atomic E-state index is 0.0615. The van der Waals surface area contributed by atoms with E-state index >= 15 is 0 Å². The van der Waals surface area contributed by atoms with Gasteiger partial charge in [0.25, 0.3) is 5.91 Å². The van der Waals surface area contributed by atoms with Crippen molar-refractivity contribution in [3.8, 4) is 5.75 Å². The molecule has 0 bridgehead atoms. The van der Waals surface area contributed by atoms with Gasteiger partial charge in [-0.2, -0.15) is 0 Å². The van der Waals surface area contributed by atoms with E-state index in [1.807, 2.05) is 30.3 Å². The van der Waals surface area contributed by atoms with Crippen LogP contribution in [0.1, 0.15) is 29.8 Å². The molecule has 25 heavy (non-hydrogen) atoms. The summed E-state index contributed by atoms with van der Waals surface area (Å²) in [6, 6.07) is 13.9. The standard InChI is InChI=1S/C19H21NO5/c1-3-24-13(2)18(21)20-16-11-15(19(22)23)9-10-17(16)25-12-14-7-5-4-6-8-14/h4-11,13H,3,12H2,1-2H3,(H,20,21)(H,22,23)/t13-/m1/s1. The second-order valence-electron chi connectivity index (χ2n) is 5.38. The summed E-state index contributed by atoms with van der Waals surface area (Å²) in [6.07, 6.45) is -0.652. The Morgan fingerprint density at radius 2 is 1.88 bits per heavy atom. The van der Waals surface area contributed by atoms with Gasteiger partial charge in [0.2, 0.25) is 0 Å². The van der Waals surface area contributed by atoms with Gasteiger partial charge < -0.3 is 19.9 Å². The number of anilines is 1. The van der Waals surface area contributed by atoms with Crippen LogP contribution in [0.15, 0.2) is 48.5 Å². The average Bonchev–Trinajstić information content (AvgIpc) is 2.61. The molecule has 0 aliphatic heterocycles. The molecule has 6 heteroatoms. The first-order valence-corrected chi connectivity index (χ1v) is 7.97. The zero-order valence-corrected chi connectivity index (χ0v) is 14.2. The zero-order valence-electron chi connectivity index (χ0n) is 14.2. The summed E-state index contributed by atoms with van der Waals surface area (Å²) < 4.78 is 11.0. The van der Waals surface area contributed by atoms with Crippen LogP contribution in [-0.2, 0) is 16.1 Å². The fraction of sp³-hybridized carbons (Fsp3) is 0.263. The molecule has 0 unspecified atom stereocenters. The summed E-state index contributed by atoms with van der Waals surface area (Å²) in [5.74, 6) is -1.05. The van der Waals surface area contributed by atoms with Crippen molar-refractivity contribution in [1.29, 1.82) is 0 Å². The van der Waals surface area contributed by atoms with Gasteiger partial charge >= 0.3 is 5.97 Å². The van der Waals surface area contributed by atoms with Crippen molar-refractivity contribution in [3.63, 3.8) is 0 Å². The molecule has 0 aliphatic carbocycles. The smallest absolute Gasteiger partial charge is 0.335 e. The summed E-state index contributed by atoms with van der Waals surface area (Å²) in [4.78, 5) is 23.4. The van der Waals surface area contributed by atoms with Gasteiger partial charge in [0.1, 0.15) is 18.5 Å². The number of nitrogens with one attached hydrogen (secondary N) is 1. The Kier molecular flexibility index (Phi) is 6.54. The molecule has 2 aromatic rings. The topological polar surface area (TPSA) is 84.9 Å². The van der Waals surface area contributed by atoms with Crippen molar-refractivity contribution < 1.29 is 24.2 Å². The van der Waals surface area contributed by atoms with Crippen molar-refractivity contribution in [2.75, 3.05) is 11.9 Å². The minimum atomic E-state index is -1.08. The van der Waals surface area contributed by atoms with E-state index in [0.717, 1.165) is 5.56 Å². The van der Waals surface area contributed by atoms with Gasteiger partial charge in [-0.3, -0.25) is 4.79 Å². The Labute approximate surface area is 146 Å². The van der Waals surface area contributed by atoms with E-state index in [2.05, 4.69) is 5.32 Å². The fourth-order valence-corrected chi connectivity index (χ4v) is 2.18. The lowest BCUT2D eigenvalue weighted by Crippen LogP contribution is -2.28. The highest BCUT2D eigenvalue weighted by atomic mass is 16.5. The third kappa shape index (κ3) is 5.32. The summed E-state index contributed by atoms with van der Waals surface area (Å²) in [7, 11) is 0. The maximum Gasteiger partial charge on any atom is 0.335 e. The van der Waals surface area contributed by atoms with Crippen molar-refractivity contribution in [2.24, 2.45) is 0 Å². The molecule has 0 aliphatic rings. The summed E-state index contributed by atoms with van der Waals surface area (Å²) in [5, 5.41) is 11.8. The number of carboxylic acid groups (broad SMARTS) is 1. The zero-order chi connectivity index (χ0) is 18.2. The van der Waals surface area contributed by atoms with E-state index in [4.69, 9.17) is 14.6 Å². The molecule has 2 aromatic carbocycles. The lowest BCUT2D eigenvalue weighted by molar-refractivity contribution is -0.126. The average molecular weight is 343 g/mol. The Morgan fingerprint density at radius 3 is 2.52 bits per heavy atom. The molecule has 2 N–H and O–H groups in total. The molecule has 1 amide bonds. The van der Waals surface area contributed by atoms with Gasteiger partial charge in [0, 0.05) is 6.61 Å². The van der Waals surface area contributed by atoms with E-state index in [0.29, 0.717) is 24.7 Å². The summed E-state index contributed by atoms with van der Waals surface area (Å²) in [5.41, 5.74) is 1.32. The largest absolute Gasteiger partial charge is 0.487 e. The van der Waals surface area contributed by atoms with Gasteiger partial charge in [-0.05, 0) is 37.6 Å². The van der Waals surface area contributed by atoms with Crippen LogP contribution in [-0.4, -0.2) is 29.7 Å². The van der Waals surface area contributed by atoms with Crippen LogP contribution < -0.4 is 10.1 Å². The third-order valence-corrected chi connectivity index (χ3v) is 3.51. The number of hydrogen-bond donors (Lipinski definition) is 2. The highest BCUT2D eigenvalue weighted by Crippen LogP contribution is 2.27. The maximum atomic E-state index is 12.2. The quantitative estimate of drug-likeness (QED) is 0.768. The molecule has 0 aromatic heterocycles. The highest BCUT2D eigenvalue weighted by molar-refractivity contribution is 5.97. The Morgan fingerprint density at radius 1 is 1.16 bits per heavy atom. The third-order valence-electron chi connectivity index (χ3n) is 3.51. The number of rotatable bonds is 8. The van der Waals surface area contributed by atoms with Crippen molar-refractivity contribution in [3.05, 3.63) is 59.7 Å². The molecule has 0 fully saturated rings. The molecular weight excluding hydrogens is 322 g/mol. The normalized spacial score (nSPS) is 11.6. The molecule has 0 spiro atoms. The van der Waals surface area contributed by atoms with Crippen LogP contribution in [0.4, 0.5) is 5.69 Å². The minimum Gasteiger partial charge on any atom is -0.487 e.